The van der Waals surface area contributed by atoms with Crippen LogP contribution in [0, 0.1) is 6.92 Å². The summed E-state index contributed by atoms with van der Waals surface area (Å²) < 4.78 is 6.51. The van der Waals surface area contributed by atoms with Crippen LogP contribution >= 0.6 is 11.3 Å². The van der Waals surface area contributed by atoms with Crippen LogP contribution in [0.15, 0.2) is 28.4 Å². The van der Waals surface area contributed by atoms with Gasteiger partial charge in [0.15, 0.2) is 0 Å². The van der Waals surface area contributed by atoms with E-state index >= 15 is 0 Å². The molecule has 8 nitrogen and oxygen atoms in total. The molecule has 0 radical (unpaired) electrons. The maximum atomic E-state index is 13.1. The number of carbonyl (C=O) groups is 2. The summed E-state index contributed by atoms with van der Waals surface area (Å²) in [6.07, 6.45) is 0. The average molecular weight is 415 g/mol. The van der Waals surface area contributed by atoms with E-state index in [1.807, 2.05) is 26.8 Å². The maximum absolute atomic E-state index is 13.1. The van der Waals surface area contributed by atoms with Crippen LogP contribution in [0.5, 0.6) is 5.75 Å². The molecule has 0 atom stereocenters. The lowest BCUT2D eigenvalue weighted by Crippen LogP contribution is -2.32. The van der Waals surface area contributed by atoms with Crippen LogP contribution in [0.4, 0.5) is 5.69 Å². The first-order valence-corrected chi connectivity index (χ1v) is 9.80. The second kappa shape index (κ2) is 8.04. The van der Waals surface area contributed by atoms with Crippen molar-refractivity contribution in [3.8, 4) is 5.75 Å². The van der Waals surface area contributed by atoms with Gasteiger partial charge in [-0.2, -0.15) is 0 Å². The van der Waals surface area contributed by atoms with Gasteiger partial charge in [-0.3, -0.25) is 14.2 Å². The molecule has 152 valence electrons. The fraction of sp³-hybridized carbons (Fsp3) is 0.300. The lowest BCUT2D eigenvalue weighted by atomic mass is 10.1. The number of nitrogens with one attached hydrogen (secondary N) is 1. The highest BCUT2D eigenvalue weighted by molar-refractivity contribution is 7.17. The van der Waals surface area contributed by atoms with Gasteiger partial charge in [-0.1, -0.05) is 19.9 Å². The van der Waals surface area contributed by atoms with E-state index < -0.39 is 17.4 Å². The normalized spacial score (nSPS) is 11.1. The molecule has 2 heterocycles. The van der Waals surface area contributed by atoms with E-state index in [4.69, 9.17) is 4.74 Å². The first kappa shape index (κ1) is 20.5. The number of aromatic carboxylic acids is 1. The molecule has 0 saturated carbocycles. The predicted octanol–water partition coefficient (Wildman–Crippen LogP) is 3.24. The summed E-state index contributed by atoms with van der Waals surface area (Å²) in [5.41, 5.74) is 0.789. The predicted molar refractivity (Wildman–Crippen MR) is 111 cm³/mol. The smallest absolute Gasteiger partial charge is 0.337 e. The number of thiophene rings is 1. The fourth-order valence-corrected chi connectivity index (χ4v) is 3.95. The number of aryl methyl sites for hydroxylation is 1. The molecular weight excluding hydrogens is 394 g/mol. The third kappa shape index (κ3) is 4.00. The highest BCUT2D eigenvalue weighted by Crippen LogP contribution is 2.26. The minimum absolute atomic E-state index is 0.0211. The molecule has 2 aromatic heterocycles. The van der Waals surface area contributed by atoms with Crippen molar-refractivity contribution in [1.29, 1.82) is 0 Å². The molecule has 0 fully saturated rings. The van der Waals surface area contributed by atoms with Crippen molar-refractivity contribution in [2.45, 2.75) is 33.2 Å². The van der Waals surface area contributed by atoms with Gasteiger partial charge in [-0.25, -0.2) is 9.78 Å². The van der Waals surface area contributed by atoms with Crippen molar-refractivity contribution in [2.75, 3.05) is 12.4 Å². The Labute approximate surface area is 170 Å². The van der Waals surface area contributed by atoms with Crippen LogP contribution in [0.3, 0.4) is 0 Å². The topological polar surface area (TPSA) is 111 Å². The van der Waals surface area contributed by atoms with Crippen molar-refractivity contribution in [1.82, 2.24) is 9.55 Å². The number of nitrogens with zero attached hydrogens (tertiary/aromatic N) is 2. The second-order valence-electron chi connectivity index (χ2n) is 6.90. The van der Waals surface area contributed by atoms with E-state index in [1.54, 1.807) is 12.1 Å². The summed E-state index contributed by atoms with van der Waals surface area (Å²) in [4.78, 5) is 42.1. The monoisotopic (exact) mass is 415 g/mol. The van der Waals surface area contributed by atoms with Crippen LogP contribution in [-0.2, 0) is 11.3 Å². The molecule has 3 rings (SSSR count). The van der Waals surface area contributed by atoms with Gasteiger partial charge >= 0.3 is 5.97 Å². The third-order valence-electron chi connectivity index (χ3n) is 4.40. The molecule has 0 spiro atoms. The quantitative estimate of drug-likeness (QED) is 0.639. The van der Waals surface area contributed by atoms with Gasteiger partial charge in [-0.05, 0) is 24.6 Å². The molecule has 2 N–H and O–H groups in total. The van der Waals surface area contributed by atoms with Gasteiger partial charge in [0.2, 0.25) is 5.91 Å². The Balaban J connectivity index is 2.04. The van der Waals surface area contributed by atoms with E-state index in [-0.39, 0.29) is 23.4 Å². The zero-order valence-electron chi connectivity index (χ0n) is 16.5. The fourth-order valence-electron chi connectivity index (χ4n) is 3.04. The van der Waals surface area contributed by atoms with E-state index in [2.05, 4.69) is 10.3 Å². The molecule has 0 saturated heterocycles. The molecule has 0 unspecified atom stereocenters. The Morgan fingerprint density at radius 1 is 1.34 bits per heavy atom. The van der Waals surface area contributed by atoms with Crippen molar-refractivity contribution < 1.29 is 19.4 Å². The Morgan fingerprint density at radius 3 is 2.69 bits per heavy atom. The summed E-state index contributed by atoms with van der Waals surface area (Å²) in [5, 5.41) is 13.5. The second-order valence-corrected chi connectivity index (χ2v) is 7.76. The van der Waals surface area contributed by atoms with Crippen molar-refractivity contribution in [3.63, 3.8) is 0 Å². The molecule has 1 amide bonds. The SMILES string of the molecule is COc1ccc(C)cc1NC(=O)Cn1c(C(C)C)nc2scc(C(=O)O)c2c1=O. The number of amides is 1. The Bertz CT molecular complexity index is 1160. The summed E-state index contributed by atoms with van der Waals surface area (Å²) >= 11 is 1.10. The van der Waals surface area contributed by atoms with Crippen molar-refractivity contribution in [2.24, 2.45) is 0 Å². The number of anilines is 1. The standard InChI is InChI=1S/C20H21N3O5S/c1-10(2)17-22-18-16(12(9-29-18)20(26)27)19(25)23(17)8-15(24)21-13-7-11(3)5-6-14(13)28-4/h5-7,9-10H,8H2,1-4H3,(H,21,24)(H,26,27). The molecule has 29 heavy (non-hydrogen) atoms. The van der Waals surface area contributed by atoms with E-state index in [0.29, 0.717) is 22.1 Å². The third-order valence-corrected chi connectivity index (χ3v) is 5.27. The van der Waals surface area contributed by atoms with Gasteiger partial charge in [-0.15, -0.1) is 11.3 Å². The molecule has 3 aromatic rings. The van der Waals surface area contributed by atoms with E-state index in [1.165, 1.54) is 17.1 Å². The molecule has 9 heteroatoms. The molecular formula is C20H21N3O5S. The number of fused-ring (bicyclic) bond motifs is 1. The van der Waals surface area contributed by atoms with Gasteiger partial charge in [0, 0.05) is 11.3 Å². The maximum Gasteiger partial charge on any atom is 0.337 e. The largest absolute Gasteiger partial charge is 0.495 e. The first-order chi connectivity index (χ1) is 13.7. The first-order valence-electron chi connectivity index (χ1n) is 8.92. The highest BCUT2D eigenvalue weighted by atomic mass is 32.1. The summed E-state index contributed by atoms with van der Waals surface area (Å²) in [6.45, 7) is 5.31. The molecule has 0 bridgehead atoms. The van der Waals surface area contributed by atoms with E-state index in [0.717, 1.165) is 16.9 Å². The Morgan fingerprint density at radius 2 is 2.07 bits per heavy atom. The van der Waals surface area contributed by atoms with Crippen LogP contribution in [0.1, 0.15) is 41.5 Å². The van der Waals surface area contributed by atoms with Crippen LogP contribution in [0.2, 0.25) is 0 Å². The zero-order chi connectivity index (χ0) is 21.3. The molecule has 0 aliphatic rings. The number of ether oxygens (including phenoxy) is 1. The number of carbonyl (C=O) groups excluding carboxylic acids is 1. The molecule has 0 aliphatic carbocycles. The minimum Gasteiger partial charge on any atom is -0.495 e. The Kier molecular flexibility index (Phi) is 5.69. The number of rotatable bonds is 6. The summed E-state index contributed by atoms with van der Waals surface area (Å²) in [7, 11) is 1.50. The lowest BCUT2D eigenvalue weighted by molar-refractivity contribution is -0.116. The summed E-state index contributed by atoms with van der Waals surface area (Å²) in [5.74, 6) is -0.851. The van der Waals surface area contributed by atoms with Gasteiger partial charge < -0.3 is 15.2 Å². The number of benzene rings is 1. The van der Waals surface area contributed by atoms with Gasteiger partial charge in [0.25, 0.3) is 5.56 Å². The van der Waals surface area contributed by atoms with Crippen LogP contribution in [-0.4, -0.2) is 33.6 Å². The van der Waals surface area contributed by atoms with Crippen LogP contribution in [0.25, 0.3) is 10.2 Å². The van der Waals surface area contributed by atoms with Gasteiger partial charge in [0.05, 0.1) is 23.7 Å². The van der Waals surface area contributed by atoms with Crippen molar-refractivity contribution in [3.05, 3.63) is 50.9 Å². The van der Waals surface area contributed by atoms with Crippen LogP contribution < -0.4 is 15.6 Å². The summed E-state index contributed by atoms with van der Waals surface area (Å²) in [6, 6.07) is 5.37. The van der Waals surface area contributed by atoms with Crippen molar-refractivity contribution >= 4 is 39.1 Å². The highest BCUT2D eigenvalue weighted by Gasteiger charge is 2.22. The average Bonchev–Trinajstić information content (AvgIpc) is 3.08. The Hall–Kier alpha value is -3.20. The number of hydrogen-bond acceptors (Lipinski definition) is 6. The zero-order valence-corrected chi connectivity index (χ0v) is 17.3. The number of methoxy groups -OCH3 is 1. The number of hydrogen-bond donors (Lipinski definition) is 2. The number of carboxylic acid groups (broad SMARTS) is 1. The van der Waals surface area contributed by atoms with Gasteiger partial charge in [0.1, 0.15) is 22.9 Å². The van der Waals surface area contributed by atoms with E-state index in [9.17, 15) is 19.5 Å². The number of carboxylic acids is 1. The minimum atomic E-state index is -1.20. The molecule has 1 aromatic carbocycles. The lowest BCUT2D eigenvalue weighted by Gasteiger charge is -2.16. The molecule has 0 aliphatic heterocycles. The number of aromatic nitrogens is 2.